The molecule has 2 rings (SSSR count). The van der Waals surface area contributed by atoms with Gasteiger partial charge in [-0.3, -0.25) is 4.79 Å². The van der Waals surface area contributed by atoms with E-state index in [2.05, 4.69) is 15.6 Å². The van der Waals surface area contributed by atoms with Gasteiger partial charge in [0.05, 0.1) is 5.69 Å². The quantitative estimate of drug-likeness (QED) is 0.861. The molecule has 5 heteroatoms. The first-order chi connectivity index (χ1) is 8.69. The summed E-state index contributed by atoms with van der Waals surface area (Å²) >= 11 is 1.64. The summed E-state index contributed by atoms with van der Waals surface area (Å²) in [5, 5.41) is 6.92. The lowest BCUT2D eigenvalue weighted by Crippen LogP contribution is -2.30. The van der Waals surface area contributed by atoms with Gasteiger partial charge in [-0.2, -0.15) is 0 Å². The van der Waals surface area contributed by atoms with E-state index in [0.29, 0.717) is 6.42 Å². The third-order valence-corrected chi connectivity index (χ3v) is 4.21. The van der Waals surface area contributed by atoms with Crippen molar-refractivity contribution in [3.8, 4) is 0 Å². The molecule has 100 valence electrons. The normalized spacial score (nSPS) is 16.1. The lowest BCUT2D eigenvalue weighted by Gasteiger charge is -2.10. The van der Waals surface area contributed by atoms with Crippen LogP contribution in [-0.2, 0) is 17.6 Å². The van der Waals surface area contributed by atoms with Crippen molar-refractivity contribution < 1.29 is 4.79 Å². The number of rotatable bonds is 5. The largest absolute Gasteiger partial charge is 0.314 e. The zero-order chi connectivity index (χ0) is 13.0. The second kappa shape index (κ2) is 6.29. The van der Waals surface area contributed by atoms with Crippen molar-refractivity contribution >= 4 is 22.4 Å². The van der Waals surface area contributed by atoms with Crippen molar-refractivity contribution in [2.75, 3.05) is 11.9 Å². The lowest BCUT2D eigenvalue weighted by molar-refractivity contribution is -0.116. The van der Waals surface area contributed by atoms with Crippen LogP contribution in [0.5, 0.6) is 0 Å². The Bertz CT molecular complexity index is 393. The zero-order valence-corrected chi connectivity index (χ0v) is 11.9. The summed E-state index contributed by atoms with van der Waals surface area (Å²) in [7, 11) is 0. The highest BCUT2D eigenvalue weighted by molar-refractivity contribution is 7.15. The Labute approximate surface area is 112 Å². The Hall–Kier alpha value is -0.940. The van der Waals surface area contributed by atoms with Crippen LogP contribution < -0.4 is 10.6 Å². The van der Waals surface area contributed by atoms with E-state index in [0.717, 1.165) is 24.5 Å². The Morgan fingerprint density at radius 2 is 2.22 bits per heavy atom. The predicted molar refractivity (Wildman–Crippen MR) is 75.1 cm³/mol. The number of hydrogen-bond acceptors (Lipinski definition) is 4. The van der Waals surface area contributed by atoms with Crippen molar-refractivity contribution in [1.29, 1.82) is 0 Å². The highest BCUT2D eigenvalue weighted by atomic mass is 32.1. The lowest BCUT2D eigenvalue weighted by atomic mass is 10.0. The minimum absolute atomic E-state index is 0.0505. The third-order valence-electron chi connectivity index (χ3n) is 3.14. The van der Waals surface area contributed by atoms with E-state index in [4.69, 9.17) is 0 Å². The van der Waals surface area contributed by atoms with E-state index in [-0.39, 0.29) is 11.9 Å². The van der Waals surface area contributed by atoms with Crippen LogP contribution >= 0.6 is 11.3 Å². The molecule has 1 aromatic heterocycles. The molecule has 4 nitrogen and oxygen atoms in total. The minimum Gasteiger partial charge on any atom is -0.314 e. The second-order valence-corrected chi connectivity index (χ2v) is 5.89. The number of fused-ring (bicyclic) bond motifs is 1. The van der Waals surface area contributed by atoms with Gasteiger partial charge in [-0.25, -0.2) is 4.98 Å². The van der Waals surface area contributed by atoms with Gasteiger partial charge in [0.2, 0.25) is 5.91 Å². The number of hydrogen-bond donors (Lipinski definition) is 2. The summed E-state index contributed by atoms with van der Waals surface area (Å²) < 4.78 is 0. The summed E-state index contributed by atoms with van der Waals surface area (Å²) in [6, 6.07) is 0.213. The summed E-state index contributed by atoms with van der Waals surface area (Å²) in [6.07, 6.45) is 5.16. The van der Waals surface area contributed by atoms with Crippen LogP contribution in [0, 0.1) is 0 Å². The van der Waals surface area contributed by atoms with Gasteiger partial charge in [0, 0.05) is 17.3 Å². The number of anilines is 1. The van der Waals surface area contributed by atoms with Gasteiger partial charge in [-0.1, -0.05) is 6.92 Å². The fourth-order valence-electron chi connectivity index (χ4n) is 2.27. The minimum atomic E-state index is 0.0505. The fraction of sp³-hybridized carbons (Fsp3) is 0.692. The number of aryl methyl sites for hydroxylation is 2. The molecule has 0 spiro atoms. The Kier molecular flexibility index (Phi) is 4.72. The monoisotopic (exact) mass is 267 g/mol. The first kappa shape index (κ1) is 13.5. The van der Waals surface area contributed by atoms with Crippen LogP contribution in [0.25, 0.3) is 0 Å². The highest BCUT2D eigenvalue weighted by Crippen LogP contribution is 2.29. The summed E-state index contributed by atoms with van der Waals surface area (Å²) in [6.45, 7) is 4.96. The maximum atomic E-state index is 11.8. The molecule has 1 atom stereocenters. The number of nitrogens with zero attached hydrogens (tertiary/aromatic N) is 1. The third kappa shape index (κ3) is 3.53. The first-order valence-corrected chi connectivity index (χ1v) is 7.52. The fourth-order valence-corrected chi connectivity index (χ4v) is 3.34. The second-order valence-electron chi connectivity index (χ2n) is 4.81. The van der Waals surface area contributed by atoms with Crippen LogP contribution in [0.15, 0.2) is 0 Å². The van der Waals surface area contributed by atoms with Gasteiger partial charge >= 0.3 is 0 Å². The molecule has 1 unspecified atom stereocenters. The average Bonchev–Trinajstić information content (AvgIpc) is 2.70. The predicted octanol–water partition coefficient (Wildman–Crippen LogP) is 2.35. The molecule has 0 radical (unpaired) electrons. The summed E-state index contributed by atoms with van der Waals surface area (Å²) in [4.78, 5) is 17.7. The average molecular weight is 267 g/mol. The molecule has 1 amide bonds. The molecule has 0 fully saturated rings. The van der Waals surface area contributed by atoms with Crippen molar-refractivity contribution in [3.05, 3.63) is 10.6 Å². The Balaban J connectivity index is 1.89. The number of aromatic nitrogens is 1. The van der Waals surface area contributed by atoms with E-state index < -0.39 is 0 Å². The first-order valence-electron chi connectivity index (χ1n) is 6.71. The summed E-state index contributed by atoms with van der Waals surface area (Å²) in [5.74, 6) is 0.0505. The number of nitrogens with one attached hydrogen (secondary N) is 2. The van der Waals surface area contributed by atoms with E-state index in [9.17, 15) is 4.79 Å². The molecule has 0 saturated carbocycles. The number of carbonyl (C=O) groups excluding carboxylic acids is 1. The molecule has 0 aliphatic heterocycles. The topological polar surface area (TPSA) is 54.0 Å². The van der Waals surface area contributed by atoms with Gasteiger partial charge in [-0.15, -0.1) is 11.3 Å². The number of carbonyl (C=O) groups is 1. The van der Waals surface area contributed by atoms with Crippen molar-refractivity contribution in [1.82, 2.24) is 10.3 Å². The summed E-state index contributed by atoms with van der Waals surface area (Å²) in [5.41, 5.74) is 1.20. The molecule has 2 N–H and O–H groups in total. The van der Waals surface area contributed by atoms with Gasteiger partial charge in [0.15, 0.2) is 5.13 Å². The molecule has 0 saturated heterocycles. The molecule has 1 aromatic rings. The van der Waals surface area contributed by atoms with Crippen LogP contribution in [0.1, 0.15) is 43.7 Å². The van der Waals surface area contributed by atoms with E-state index >= 15 is 0 Å². The maximum absolute atomic E-state index is 11.8. The molecular formula is C13H21N3OS. The van der Waals surface area contributed by atoms with E-state index in [1.54, 1.807) is 11.3 Å². The van der Waals surface area contributed by atoms with E-state index in [1.807, 2.05) is 13.8 Å². The van der Waals surface area contributed by atoms with Crippen LogP contribution in [0.3, 0.4) is 0 Å². The number of thiazole rings is 1. The molecule has 1 aliphatic carbocycles. The highest BCUT2D eigenvalue weighted by Gasteiger charge is 2.16. The Morgan fingerprint density at radius 1 is 1.44 bits per heavy atom. The van der Waals surface area contributed by atoms with Crippen LogP contribution in [0.4, 0.5) is 5.13 Å². The van der Waals surface area contributed by atoms with Gasteiger partial charge in [-0.05, 0) is 39.2 Å². The van der Waals surface area contributed by atoms with E-state index in [1.165, 1.54) is 23.4 Å². The molecule has 1 aliphatic rings. The smallest absolute Gasteiger partial charge is 0.227 e. The van der Waals surface area contributed by atoms with Crippen LogP contribution in [0.2, 0.25) is 0 Å². The van der Waals surface area contributed by atoms with Gasteiger partial charge in [0.1, 0.15) is 0 Å². The molecule has 0 bridgehead atoms. The van der Waals surface area contributed by atoms with Crippen molar-refractivity contribution in [2.45, 2.75) is 52.0 Å². The van der Waals surface area contributed by atoms with Gasteiger partial charge in [0.25, 0.3) is 0 Å². The molecular weight excluding hydrogens is 246 g/mol. The Morgan fingerprint density at radius 3 is 2.94 bits per heavy atom. The maximum Gasteiger partial charge on any atom is 0.227 e. The standard InChI is InChI=1S/C13H21N3OS/c1-3-14-9(2)8-12(17)16-13-15-10-6-4-5-7-11(10)18-13/h9,14H,3-8H2,1-2H3,(H,15,16,17). The van der Waals surface area contributed by atoms with Crippen molar-refractivity contribution in [3.63, 3.8) is 0 Å². The molecule has 1 heterocycles. The molecule has 18 heavy (non-hydrogen) atoms. The van der Waals surface area contributed by atoms with Crippen molar-refractivity contribution in [2.24, 2.45) is 0 Å². The number of amides is 1. The SMILES string of the molecule is CCNC(C)CC(=O)Nc1nc2c(s1)CCCC2. The zero-order valence-electron chi connectivity index (χ0n) is 11.1. The molecule has 0 aromatic carbocycles. The van der Waals surface area contributed by atoms with Gasteiger partial charge < -0.3 is 10.6 Å². The van der Waals surface area contributed by atoms with Crippen LogP contribution in [-0.4, -0.2) is 23.5 Å².